The van der Waals surface area contributed by atoms with Crippen molar-refractivity contribution in [2.24, 2.45) is 0 Å². The summed E-state index contributed by atoms with van der Waals surface area (Å²) in [5.74, 6) is 0.923. The first-order chi connectivity index (χ1) is 9.02. The molecule has 0 aliphatic carbocycles. The summed E-state index contributed by atoms with van der Waals surface area (Å²) in [5, 5.41) is 2.91. The van der Waals surface area contributed by atoms with Gasteiger partial charge in [-0.1, -0.05) is 19.2 Å². The molecule has 102 valence electrons. The first-order valence-electron chi connectivity index (χ1n) is 5.45. The largest absolute Gasteiger partial charge is 0.497 e. The molecule has 6 heteroatoms. The Morgan fingerprint density at radius 2 is 2.11 bits per heavy atom. The molecule has 19 heavy (non-hydrogen) atoms. The van der Waals surface area contributed by atoms with Gasteiger partial charge in [-0.15, -0.1) is 0 Å². The van der Waals surface area contributed by atoms with E-state index in [2.05, 4.69) is 28.4 Å². The lowest BCUT2D eigenvalue weighted by Gasteiger charge is -2.06. The van der Waals surface area contributed by atoms with Gasteiger partial charge in [0, 0.05) is 6.54 Å². The van der Waals surface area contributed by atoms with Gasteiger partial charge in [-0.3, -0.25) is 0 Å². The molecule has 0 radical (unpaired) electrons. The normalized spacial score (nSPS) is 10.7. The SMILES string of the molecule is C=C(/C=C\C(=C)OC)CNc1cnc(C(F)F)cn1. The van der Waals surface area contributed by atoms with Crippen LogP contribution in [0, 0.1) is 0 Å². The number of halogens is 2. The minimum atomic E-state index is -2.61. The van der Waals surface area contributed by atoms with E-state index in [4.69, 9.17) is 4.74 Å². The van der Waals surface area contributed by atoms with Gasteiger partial charge < -0.3 is 10.1 Å². The first-order valence-corrected chi connectivity index (χ1v) is 5.45. The quantitative estimate of drug-likeness (QED) is 0.609. The summed E-state index contributed by atoms with van der Waals surface area (Å²) < 4.78 is 29.4. The highest BCUT2D eigenvalue weighted by atomic mass is 19.3. The van der Waals surface area contributed by atoms with Gasteiger partial charge in [0.2, 0.25) is 0 Å². The third-order valence-electron chi connectivity index (χ3n) is 2.16. The van der Waals surface area contributed by atoms with Crippen molar-refractivity contribution in [2.75, 3.05) is 19.0 Å². The monoisotopic (exact) mass is 267 g/mol. The number of alkyl halides is 2. The fourth-order valence-electron chi connectivity index (χ4n) is 1.08. The molecule has 1 aromatic heterocycles. The molecule has 4 nitrogen and oxygen atoms in total. The van der Waals surface area contributed by atoms with Crippen LogP contribution in [0.25, 0.3) is 0 Å². The van der Waals surface area contributed by atoms with E-state index in [1.807, 2.05) is 0 Å². The number of ether oxygens (including phenoxy) is 1. The number of allylic oxidation sites excluding steroid dienone is 1. The van der Waals surface area contributed by atoms with Gasteiger partial charge in [-0.05, 0) is 11.6 Å². The molecule has 0 amide bonds. The maximum atomic E-state index is 12.3. The molecule has 0 spiro atoms. The predicted molar refractivity (Wildman–Crippen MR) is 69.9 cm³/mol. The second-order valence-corrected chi connectivity index (χ2v) is 3.64. The van der Waals surface area contributed by atoms with E-state index in [0.29, 0.717) is 18.1 Å². The summed E-state index contributed by atoms with van der Waals surface area (Å²) in [4.78, 5) is 7.41. The third kappa shape index (κ3) is 5.29. The minimum absolute atomic E-state index is 0.347. The third-order valence-corrected chi connectivity index (χ3v) is 2.16. The van der Waals surface area contributed by atoms with Crippen LogP contribution in [0.3, 0.4) is 0 Å². The van der Waals surface area contributed by atoms with E-state index >= 15 is 0 Å². The number of nitrogens with one attached hydrogen (secondary N) is 1. The first kappa shape index (κ1) is 14.8. The Labute approximate surface area is 110 Å². The van der Waals surface area contributed by atoms with Crippen LogP contribution in [0.4, 0.5) is 14.6 Å². The Hall–Kier alpha value is -2.24. The Kier molecular flexibility index (Phi) is 5.66. The topological polar surface area (TPSA) is 47.0 Å². The smallest absolute Gasteiger partial charge is 0.281 e. The number of nitrogens with zero attached hydrogens (tertiary/aromatic N) is 2. The fraction of sp³-hybridized carbons (Fsp3) is 0.231. The fourth-order valence-corrected chi connectivity index (χ4v) is 1.08. The number of hydrogen-bond donors (Lipinski definition) is 1. The summed E-state index contributed by atoms with van der Waals surface area (Å²) in [5.41, 5.74) is 0.415. The van der Waals surface area contributed by atoms with E-state index in [0.717, 1.165) is 11.8 Å². The molecule has 1 N–H and O–H groups in total. The molecule has 0 saturated heterocycles. The Balaban J connectivity index is 2.46. The van der Waals surface area contributed by atoms with Crippen LogP contribution in [0.15, 0.2) is 49.0 Å². The van der Waals surface area contributed by atoms with Crippen LogP contribution >= 0.6 is 0 Å². The van der Waals surface area contributed by atoms with Gasteiger partial charge in [0.25, 0.3) is 6.43 Å². The Bertz CT molecular complexity index is 469. The molecule has 0 unspecified atom stereocenters. The Morgan fingerprint density at radius 1 is 1.37 bits per heavy atom. The van der Waals surface area contributed by atoms with Crippen molar-refractivity contribution >= 4 is 5.82 Å². The van der Waals surface area contributed by atoms with Crippen LogP contribution in [0.1, 0.15) is 12.1 Å². The van der Waals surface area contributed by atoms with Crippen LogP contribution in [-0.4, -0.2) is 23.6 Å². The average Bonchev–Trinajstić information content (AvgIpc) is 2.42. The van der Waals surface area contributed by atoms with Gasteiger partial charge in [0.15, 0.2) is 0 Å². The number of rotatable bonds is 7. The lowest BCUT2D eigenvalue weighted by atomic mass is 10.2. The minimum Gasteiger partial charge on any atom is -0.497 e. The molecule has 0 saturated carbocycles. The molecule has 0 aliphatic rings. The van der Waals surface area contributed by atoms with Gasteiger partial charge in [-0.2, -0.15) is 0 Å². The summed E-state index contributed by atoms with van der Waals surface area (Å²) in [6.07, 6.45) is 3.10. The second-order valence-electron chi connectivity index (χ2n) is 3.64. The van der Waals surface area contributed by atoms with Crippen molar-refractivity contribution in [3.63, 3.8) is 0 Å². The van der Waals surface area contributed by atoms with Crippen LogP contribution in [0.5, 0.6) is 0 Å². The second kappa shape index (κ2) is 7.25. The summed E-state index contributed by atoms with van der Waals surface area (Å²) >= 11 is 0. The highest BCUT2D eigenvalue weighted by molar-refractivity contribution is 5.35. The predicted octanol–water partition coefficient (Wildman–Crippen LogP) is 3.10. The van der Waals surface area contributed by atoms with E-state index in [9.17, 15) is 8.78 Å². The maximum absolute atomic E-state index is 12.3. The van der Waals surface area contributed by atoms with E-state index < -0.39 is 6.43 Å². The van der Waals surface area contributed by atoms with Crippen molar-refractivity contribution in [3.8, 4) is 0 Å². The van der Waals surface area contributed by atoms with Crippen LogP contribution < -0.4 is 5.32 Å². The molecule has 0 fully saturated rings. The molecule has 0 aromatic carbocycles. The van der Waals surface area contributed by atoms with E-state index in [1.54, 1.807) is 12.2 Å². The zero-order valence-corrected chi connectivity index (χ0v) is 10.6. The molecule has 0 aliphatic heterocycles. The number of hydrogen-bond acceptors (Lipinski definition) is 4. The number of aromatic nitrogens is 2. The van der Waals surface area contributed by atoms with E-state index in [1.165, 1.54) is 13.3 Å². The van der Waals surface area contributed by atoms with Gasteiger partial charge in [0.05, 0.1) is 19.5 Å². The maximum Gasteiger partial charge on any atom is 0.281 e. The molecule has 0 atom stereocenters. The molecular weight excluding hydrogens is 252 g/mol. The lowest BCUT2D eigenvalue weighted by molar-refractivity contribution is 0.145. The van der Waals surface area contributed by atoms with Gasteiger partial charge in [0.1, 0.15) is 17.3 Å². The number of methoxy groups -OCH3 is 1. The Morgan fingerprint density at radius 3 is 2.63 bits per heavy atom. The van der Waals surface area contributed by atoms with Crippen LogP contribution in [-0.2, 0) is 4.74 Å². The number of anilines is 1. The van der Waals surface area contributed by atoms with Crippen molar-refractivity contribution < 1.29 is 13.5 Å². The molecule has 0 bridgehead atoms. The summed E-state index contributed by atoms with van der Waals surface area (Å²) in [7, 11) is 1.52. The van der Waals surface area contributed by atoms with Gasteiger partial charge >= 0.3 is 0 Å². The van der Waals surface area contributed by atoms with E-state index in [-0.39, 0.29) is 5.69 Å². The van der Waals surface area contributed by atoms with Crippen LogP contribution in [0.2, 0.25) is 0 Å². The highest BCUT2D eigenvalue weighted by Gasteiger charge is 2.08. The van der Waals surface area contributed by atoms with Crippen molar-refractivity contribution in [1.82, 2.24) is 9.97 Å². The lowest BCUT2D eigenvalue weighted by Crippen LogP contribution is -2.05. The average molecular weight is 267 g/mol. The summed E-state index contributed by atoms with van der Waals surface area (Å²) in [6.45, 7) is 7.85. The van der Waals surface area contributed by atoms with Crippen molar-refractivity contribution in [3.05, 3.63) is 54.7 Å². The van der Waals surface area contributed by atoms with Crippen molar-refractivity contribution in [1.29, 1.82) is 0 Å². The zero-order valence-electron chi connectivity index (χ0n) is 10.6. The molecular formula is C13H15F2N3O. The molecule has 1 rings (SSSR count). The standard InChI is InChI=1S/C13H15F2N3O/c1-9(4-5-10(2)19-3)6-17-12-8-16-11(7-18-12)13(14)15/h4-5,7-8,13H,1-2,6H2,3H3,(H,17,18)/b5-4-. The summed E-state index contributed by atoms with van der Waals surface area (Å²) in [6, 6.07) is 0. The zero-order chi connectivity index (χ0) is 14.3. The molecule has 1 heterocycles. The van der Waals surface area contributed by atoms with Crippen molar-refractivity contribution in [2.45, 2.75) is 6.43 Å². The highest BCUT2D eigenvalue weighted by Crippen LogP contribution is 2.15. The van der Waals surface area contributed by atoms with Gasteiger partial charge in [-0.25, -0.2) is 18.7 Å². The molecule has 1 aromatic rings.